The third-order valence-corrected chi connectivity index (χ3v) is 5.23. The molecule has 1 saturated heterocycles. The number of nitrogens with one attached hydrogen (secondary N) is 3. The molecule has 6 heteroatoms. The lowest BCUT2D eigenvalue weighted by Gasteiger charge is -2.33. The van der Waals surface area contributed by atoms with Gasteiger partial charge in [0.2, 0.25) is 5.91 Å². The molecule has 1 aliphatic heterocycles. The Bertz CT molecular complexity index is 786. The molecule has 0 radical (unpaired) electrons. The molecule has 1 amide bonds. The van der Waals surface area contributed by atoms with Gasteiger partial charge < -0.3 is 16.0 Å². The molecule has 3 N–H and O–H groups in total. The largest absolute Gasteiger partial charge is 0.357 e. The lowest BCUT2D eigenvalue weighted by Crippen LogP contribution is -2.48. The molecule has 0 aromatic heterocycles. The van der Waals surface area contributed by atoms with E-state index in [2.05, 4.69) is 56.2 Å². The monoisotopic (exact) mass is 407 g/mol. The minimum Gasteiger partial charge on any atom is -0.357 e. The van der Waals surface area contributed by atoms with Crippen molar-refractivity contribution in [2.75, 3.05) is 26.2 Å². The lowest BCUT2D eigenvalue weighted by atomic mass is 10.0. The smallest absolute Gasteiger partial charge is 0.242 e. The van der Waals surface area contributed by atoms with Crippen LogP contribution in [0.1, 0.15) is 30.9 Å². The van der Waals surface area contributed by atoms with Gasteiger partial charge in [0, 0.05) is 38.8 Å². The molecule has 0 unspecified atom stereocenters. The summed E-state index contributed by atoms with van der Waals surface area (Å²) < 4.78 is 0. The number of benzene rings is 2. The van der Waals surface area contributed by atoms with Crippen molar-refractivity contribution in [3.05, 3.63) is 71.8 Å². The van der Waals surface area contributed by atoms with Crippen LogP contribution in [0, 0.1) is 0 Å². The lowest BCUT2D eigenvalue weighted by molar-refractivity contribution is -0.119. The molecule has 2 aromatic carbocycles. The number of piperidine rings is 1. The zero-order valence-electron chi connectivity index (χ0n) is 17.8. The molecular formula is C24H33N5O. The van der Waals surface area contributed by atoms with Crippen LogP contribution in [0.4, 0.5) is 0 Å². The number of likely N-dealkylation sites (tertiary alicyclic amines) is 1. The highest BCUT2D eigenvalue weighted by Crippen LogP contribution is 2.13. The van der Waals surface area contributed by atoms with Crippen molar-refractivity contribution in [1.82, 2.24) is 20.9 Å². The first-order valence-electron chi connectivity index (χ1n) is 10.8. The molecule has 1 aliphatic rings. The molecule has 0 saturated carbocycles. The van der Waals surface area contributed by atoms with Crippen LogP contribution < -0.4 is 16.0 Å². The van der Waals surface area contributed by atoms with Crippen molar-refractivity contribution < 1.29 is 4.79 Å². The Morgan fingerprint density at radius 3 is 2.23 bits per heavy atom. The number of carbonyl (C=O) groups excluding carboxylic acids is 1. The maximum absolute atomic E-state index is 12.2. The molecular weight excluding hydrogens is 374 g/mol. The fourth-order valence-corrected chi connectivity index (χ4v) is 3.59. The molecule has 30 heavy (non-hydrogen) atoms. The highest BCUT2D eigenvalue weighted by molar-refractivity contribution is 5.85. The van der Waals surface area contributed by atoms with E-state index in [4.69, 9.17) is 0 Å². The van der Waals surface area contributed by atoms with Gasteiger partial charge in [0.1, 0.15) is 6.54 Å². The summed E-state index contributed by atoms with van der Waals surface area (Å²) in [5.74, 6) is 0.641. The van der Waals surface area contributed by atoms with E-state index in [1.54, 1.807) is 0 Å². The molecule has 0 bridgehead atoms. The van der Waals surface area contributed by atoms with Gasteiger partial charge in [-0.2, -0.15) is 0 Å². The van der Waals surface area contributed by atoms with Crippen LogP contribution in [0.5, 0.6) is 0 Å². The summed E-state index contributed by atoms with van der Waals surface area (Å²) >= 11 is 0. The third-order valence-electron chi connectivity index (χ3n) is 5.23. The van der Waals surface area contributed by atoms with Gasteiger partial charge in [-0.25, -0.2) is 4.99 Å². The molecule has 6 nitrogen and oxygen atoms in total. The summed E-state index contributed by atoms with van der Waals surface area (Å²) in [4.78, 5) is 19.1. The summed E-state index contributed by atoms with van der Waals surface area (Å²) in [6, 6.07) is 20.9. The maximum atomic E-state index is 12.2. The number of hydrogen-bond acceptors (Lipinski definition) is 3. The van der Waals surface area contributed by atoms with Gasteiger partial charge in [-0.1, -0.05) is 60.7 Å². The van der Waals surface area contributed by atoms with E-state index >= 15 is 0 Å². The molecule has 0 atom stereocenters. The first-order valence-corrected chi connectivity index (χ1v) is 10.8. The van der Waals surface area contributed by atoms with E-state index in [0.29, 0.717) is 18.5 Å². The number of aliphatic imine (C=N–C) groups is 1. The Hall–Kier alpha value is -2.86. The van der Waals surface area contributed by atoms with Crippen LogP contribution in [0.2, 0.25) is 0 Å². The van der Waals surface area contributed by atoms with Crippen LogP contribution in [0.3, 0.4) is 0 Å². The normalized spacial score (nSPS) is 15.6. The second kappa shape index (κ2) is 12.0. The first-order chi connectivity index (χ1) is 14.7. The number of guanidine groups is 1. The third kappa shape index (κ3) is 7.52. The first kappa shape index (κ1) is 21.8. The maximum Gasteiger partial charge on any atom is 0.242 e. The van der Waals surface area contributed by atoms with E-state index in [1.807, 2.05) is 37.3 Å². The summed E-state index contributed by atoms with van der Waals surface area (Å²) in [6.45, 7) is 6.57. The predicted octanol–water partition coefficient (Wildman–Crippen LogP) is 2.52. The van der Waals surface area contributed by atoms with Gasteiger partial charge >= 0.3 is 0 Å². The predicted molar refractivity (Wildman–Crippen MR) is 122 cm³/mol. The number of hydrogen-bond donors (Lipinski definition) is 3. The molecule has 3 rings (SSSR count). The van der Waals surface area contributed by atoms with Crippen LogP contribution in [-0.4, -0.2) is 49.0 Å². The van der Waals surface area contributed by atoms with Crippen LogP contribution in [0.25, 0.3) is 0 Å². The summed E-state index contributed by atoms with van der Waals surface area (Å²) in [5, 5.41) is 9.68. The number of amides is 1. The topological polar surface area (TPSA) is 68.8 Å². The second-order valence-electron chi connectivity index (χ2n) is 7.64. The highest BCUT2D eigenvalue weighted by atomic mass is 16.1. The van der Waals surface area contributed by atoms with Crippen molar-refractivity contribution in [1.29, 1.82) is 0 Å². The fourth-order valence-electron chi connectivity index (χ4n) is 3.59. The summed E-state index contributed by atoms with van der Waals surface area (Å²) in [5.41, 5.74) is 2.45. The minimum absolute atomic E-state index is 0.0752. The van der Waals surface area contributed by atoms with Crippen LogP contribution >= 0.6 is 0 Å². The van der Waals surface area contributed by atoms with Gasteiger partial charge in [0.25, 0.3) is 0 Å². The van der Waals surface area contributed by atoms with Crippen LogP contribution in [-0.2, 0) is 17.9 Å². The zero-order valence-corrected chi connectivity index (χ0v) is 17.8. The van der Waals surface area contributed by atoms with E-state index < -0.39 is 0 Å². The van der Waals surface area contributed by atoms with Gasteiger partial charge in [0.15, 0.2) is 5.96 Å². The van der Waals surface area contributed by atoms with Crippen LogP contribution in [0.15, 0.2) is 65.7 Å². The second-order valence-corrected chi connectivity index (χ2v) is 7.64. The Morgan fingerprint density at radius 1 is 0.967 bits per heavy atom. The molecule has 1 fully saturated rings. The van der Waals surface area contributed by atoms with Crippen molar-refractivity contribution in [3.63, 3.8) is 0 Å². The summed E-state index contributed by atoms with van der Waals surface area (Å²) in [7, 11) is 0. The Balaban J connectivity index is 1.41. The van der Waals surface area contributed by atoms with Gasteiger partial charge in [0.05, 0.1) is 0 Å². The van der Waals surface area contributed by atoms with Crippen molar-refractivity contribution in [2.45, 2.75) is 38.9 Å². The van der Waals surface area contributed by atoms with E-state index in [0.717, 1.165) is 44.6 Å². The van der Waals surface area contributed by atoms with E-state index in [9.17, 15) is 4.79 Å². The van der Waals surface area contributed by atoms with Crippen molar-refractivity contribution >= 4 is 11.9 Å². The SMILES string of the molecule is CCNC(=NCC(=O)NCc1ccccc1)NC1CCN(Cc2ccccc2)CC1. The number of nitrogens with zero attached hydrogens (tertiary/aromatic N) is 2. The number of rotatable bonds is 8. The number of carbonyl (C=O) groups is 1. The molecule has 2 aromatic rings. The Labute approximate surface area is 179 Å². The van der Waals surface area contributed by atoms with Gasteiger partial charge in [-0.15, -0.1) is 0 Å². The quantitative estimate of drug-likeness (QED) is 0.465. The van der Waals surface area contributed by atoms with Gasteiger partial charge in [-0.05, 0) is 30.9 Å². The van der Waals surface area contributed by atoms with E-state index in [-0.39, 0.29) is 12.5 Å². The zero-order chi connectivity index (χ0) is 21.0. The average molecular weight is 408 g/mol. The Kier molecular flexibility index (Phi) is 8.72. The van der Waals surface area contributed by atoms with Crippen molar-refractivity contribution in [3.8, 4) is 0 Å². The molecule has 1 heterocycles. The highest BCUT2D eigenvalue weighted by Gasteiger charge is 2.20. The standard InChI is InChI=1S/C24H33N5O/c1-2-25-24(27-18-23(30)26-17-20-9-5-3-6-10-20)28-22-13-15-29(16-14-22)19-21-11-7-4-8-12-21/h3-12,22H,2,13-19H2,1H3,(H,26,30)(H2,25,27,28). The average Bonchev–Trinajstić information content (AvgIpc) is 2.79. The summed E-state index contributed by atoms with van der Waals surface area (Å²) in [6.07, 6.45) is 2.13. The minimum atomic E-state index is -0.0752. The molecule has 0 spiro atoms. The van der Waals surface area contributed by atoms with Gasteiger partial charge in [-0.3, -0.25) is 9.69 Å². The molecule has 0 aliphatic carbocycles. The van der Waals surface area contributed by atoms with E-state index in [1.165, 1.54) is 5.56 Å². The van der Waals surface area contributed by atoms with Crippen molar-refractivity contribution in [2.24, 2.45) is 4.99 Å². The fraction of sp³-hybridized carbons (Fsp3) is 0.417. The molecule has 160 valence electrons. The Morgan fingerprint density at radius 2 is 1.60 bits per heavy atom.